The SMILES string of the molecule is Cc1cc(CC(=O)c2ccoc2Br)n(C)n1. The summed E-state index contributed by atoms with van der Waals surface area (Å²) in [6.07, 6.45) is 1.82. The van der Waals surface area contributed by atoms with E-state index in [1.165, 1.54) is 6.26 Å². The fraction of sp³-hybridized carbons (Fsp3) is 0.273. The molecule has 0 aromatic carbocycles. The normalized spacial score (nSPS) is 10.7. The molecule has 0 atom stereocenters. The molecule has 0 saturated carbocycles. The van der Waals surface area contributed by atoms with Crippen molar-refractivity contribution >= 4 is 21.7 Å². The standard InChI is InChI=1S/C11H11BrN2O2/c1-7-5-8(14(2)13-7)6-10(15)9-3-4-16-11(9)12/h3-5H,6H2,1-2H3. The van der Waals surface area contributed by atoms with Gasteiger partial charge in [0.25, 0.3) is 0 Å². The molecule has 16 heavy (non-hydrogen) atoms. The maximum Gasteiger partial charge on any atom is 0.179 e. The number of carbonyl (C=O) groups is 1. The highest BCUT2D eigenvalue weighted by molar-refractivity contribution is 9.10. The van der Waals surface area contributed by atoms with Crippen LogP contribution < -0.4 is 0 Å². The van der Waals surface area contributed by atoms with E-state index >= 15 is 0 Å². The van der Waals surface area contributed by atoms with Crippen LogP contribution in [0, 0.1) is 6.92 Å². The topological polar surface area (TPSA) is 48.0 Å². The van der Waals surface area contributed by atoms with Crippen molar-refractivity contribution in [3.8, 4) is 0 Å². The van der Waals surface area contributed by atoms with E-state index in [1.54, 1.807) is 10.7 Å². The average molecular weight is 283 g/mol. The van der Waals surface area contributed by atoms with E-state index in [-0.39, 0.29) is 5.78 Å². The van der Waals surface area contributed by atoms with E-state index in [0.717, 1.165) is 11.4 Å². The van der Waals surface area contributed by atoms with Crippen molar-refractivity contribution in [3.63, 3.8) is 0 Å². The molecule has 2 aromatic heterocycles. The summed E-state index contributed by atoms with van der Waals surface area (Å²) < 4.78 is 7.24. The van der Waals surface area contributed by atoms with E-state index in [2.05, 4.69) is 21.0 Å². The number of hydrogen-bond acceptors (Lipinski definition) is 3. The molecule has 5 heteroatoms. The first-order valence-electron chi connectivity index (χ1n) is 4.83. The van der Waals surface area contributed by atoms with Gasteiger partial charge in [-0.1, -0.05) is 0 Å². The number of Topliss-reactive ketones (excluding diaryl/α,β-unsaturated/α-hetero) is 1. The molecule has 2 rings (SSSR count). The molecule has 0 fully saturated rings. The van der Waals surface area contributed by atoms with Gasteiger partial charge in [0, 0.05) is 12.7 Å². The van der Waals surface area contributed by atoms with Crippen LogP contribution in [0.3, 0.4) is 0 Å². The van der Waals surface area contributed by atoms with Crippen LogP contribution in [-0.2, 0) is 13.5 Å². The number of rotatable bonds is 3. The molecular weight excluding hydrogens is 272 g/mol. The van der Waals surface area contributed by atoms with Crippen LogP contribution in [0.1, 0.15) is 21.7 Å². The predicted molar refractivity (Wildman–Crippen MR) is 62.4 cm³/mol. The third kappa shape index (κ3) is 2.09. The van der Waals surface area contributed by atoms with Crippen molar-refractivity contribution in [1.82, 2.24) is 9.78 Å². The molecule has 0 aliphatic rings. The predicted octanol–water partition coefficient (Wildman–Crippen LogP) is 2.51. The van der Waals surface area contributed by atoms with Crippen LogP contribution in [0.15, 0.2) is 27.5 Å². The lowest BCUT2D eigenvalue weighted by molar-refractivity contribution is 0.0989. The maximum absolute atomic E-state index is 11.9. The van der Waals surface area contributed by atoms with Crippen molar-refractivity contribution in [2.45, 2.75) is 13.3 Å². The molecule has 84 valence electrons. The van der Waals surface area contributed by atoms with E-state index in [9.17, 15) is 4.79 Å². The van der Waals surface area contributed by atoms with Crippen LogP contribution in [0.4, 0.5) is 0 Å². The summed E-state index contributed by atoms with van der Waals surface area (Å²) in [6, 6.07) is 3.57. The van der Waals surface area contributed by atoms with Crippen molar-refractivity contribution < 1.29 is 9.21 Å². The van der Waals surface area contributed by atoms with Crippen LogP contribution >= 0.6 is 15.9 Å². The molecule has 2 aromatic rings. The summed E-state index contributed by atoms with van der Waals surface area (Å²) in [4.78, 5) is 11.9. The third-order valence-corrected chi connectivity index (χ3v) is 2.97. The van der Waals surface area contributed by atoms with Crippen molar-refractivity contribution in [2.75, 3.05) is 0 Å². The van der Waals surface area contributed by atoms with Crippen molar-refractivity contribution in [1.29, 1.82) is 0 Å². The summed E-state index contributed by atoms with van der Waals surface area (Å²) in [6.45, 7) is 1.90. The molecule has 0 aliphatic carbocycles. The fourth-order valence-electron chi connectivity index (χ4n) is 1.58. The van der Waals surface area contributed by atoms with Gasteiger partial charge in [-0.2, -0.15) is 5.10 Å². The first-order chi connectivity index (χ1) is 7.58. The third-order valence-electron chi connectivity index (χ3n) is 2.36. The Bertz CT molecular complexity index is 528. The smallest absolute Gasteiger partial charge is 0.179 e. The zero-order valence-corrected chi connectivity index (χ0v) is 10.6. The zero-order chi connectivity index (χ0) is 11.7. The van der Waals surface area contributed by atoms with Gasteiger partial charge >= 0.3 is 0 Å². The van der Waals surface area contributed by atoms with Gasteiger partial charge in [0.15, 0.2) is 10.5 Å². The molecule has 0 saturated heterocycles. The fourth-order valence-corrected chi connectivity index (χ4v) is 2.04. The minimum atomic E-state index is 0.0172. The molecule has 0 bridgehead atoms. The van der Waals surface area contributed by atoms with Crippen molar-refractivity contribution in [3.05, 3.63) is 40.0 Å². The van der Waals surface area contributed by atoms with Gasteiger partial charge in [-0.15, -0.1) is 0 Å². The highest BCUT2D eigenvalue weighted by atomic mass is 79.9. The summed E-state index contributed by atoms with van der Waals surface area (Å²) in [7, 11) is 1.83. The van der Waals surface area contributed by atoms with Crippen molar-refractivity contribution in [2.24, 2.45) is 7.05 Å². The molecule has 0 amide bonds. The van der Waals surface area contributed by atoms with Gasteiger partial charge in [-0.3, -0.25) is 9.48 Å². The first kappa shape index (κ1) is 11.1. The summed E-state index contributed by atoms with van der Waals surface area (Å²) in [5, 5.41) is 4.20. The van der Waals surface area contributed by atoms with E-state index in [0.29, 0.717) is 16.7 Å². The van der Waals surface area contributed by atoms with E-state index < -0.39 is 0 Å². The number of nitrogens with zero attached hydrogens (tertiary/aromatic N) is 2. The lowest BCUT2D eigenvalue weighted by Crippen LogP contribution is -2.07. The van der Waals surface area contributed by atoms with Crippen LogP contribution in [0.2, 0.25) is 0 Å². The van der Waals surface area contributed by atoms with Gasteiger partial charge < -0.3 is 4.42 Å². The summed E-state index contributed by atoms with van der Waals surface area (Å²) >= 11 is 3.19. The minimum Gasteiger partial charge on any atom is -0.457 e. The highest BCUT2D eigenvalue weighted by Gasteiger charge is 2.15. The highest BCUT2D eigenvalue weighted by Crippen LogP contribution is 2.19. The Morgan fingerprint density at radius 3 is 2.88 bits per heavy atom. The molecule has 4 nitrogen and oxygen atoms in total. The molecule has 0 spiro atoms. The Balaban J connectivity index is 2.20. The second kappa shape index (κ2) is 4.25. The maximum atomic E-state index is 11.9. The average Bonchev–Trinajstić information content (AvgIpc) is 2.74. The molecule has 0 radical (unpaired) electrons. The zero-order valence-electron chi connectivity index (χ0n) is 9.03. The second-order valence-electron chi connectivity index (χ2n) is 3.61. The lowest BCUT2D eigenvalue weighted by Gasteiger charge is -1.99. The Labute approximate surface area is 101 Å². The van der Waals surface area contributed by atoms with E-state index in [1.807, 2.05) is 20.0 Å². The molecule has 0 aliphatic heterocycles. The largest absolute Gasteiger partial charge is 0.457 e. The number of furan rings is 1. The Morgan fingerprint density at radius 1 is 1.62 bits per heavy atom. The summed E-state index contributed by atoms with van der Waals surface area (Å²) in [5.74, 6) is 0.0172. The van der Waals surface area contributed by atoms with Crippen LogP contribution in [0.5, 0.6) is 0 Å². The quantitative estimate of drug-likeness (QED) is 0.813. The monoisotopic (exact) mass is 282 g/mol. The summed E-state index contributed by atoms with van der Waals surface area (Å²) in [5.41, 5.74) is 2.38. The van der Waals surface area contributed by atoms with Gasteiger partial charge in [-0.25, -0.2) is 0 Å². The Hall–Kier alpha value is -1.36. The second-order valence-corrected chi connectivity index (χ2v) is 4.33. The molecule has 2 heterocycles. The van der Waals surface area contributed by atoms with Crippen LogP contribution in [0.25, 0.3) is 0 Å². The minimum absolute atomic E-state index is 0.0172. The lowest BCUT2D eigenvalue weighted by atomic mass is 10.1. The number of aryl methyl sites for hydroxylation is 2. The molecule has 0 unspecified atom stereocenters. The number of hydrogen-bond donors (Lipinski definition) is 0. The number of halogens is 1. The number of ketones is 1. The number of carbonyl (C=O) groups excluding carboxylic acids is 1. The Kier molecular flexibility index (Phi) is 2.96. The number of aromatic nitrogens is 2. The molecule has 0 N–H and O–H groups in total. The van der Waals surface area contributed by atoms with Crippen LogP contribution in [-0.4, -0.2) is 15.6 Å². The van der Waals surface area contributed by atoms with Gasteiger partial charge in [0.05, 0.1) is 23.9 Å². The van der Waals surface area contributed by atoms with Gasteiger partial charge in [-0.05, 0) is 35.0 Å². The Morgan fingerprint density at radius 2 is 2.38 bits per heavy atom. The van der Waals surface area contributed by atoms with Gasteiger partial charge in [0.1, 0.15) is 0 Å². The molecular formula is C11H11BrN2O2. The van der Waals surface area contributed by atoms with E-state index in [4.69, 9.17) is 4.42 Å². The van der Waals surface area contributed by atoms with Gasteiger partial charge in [0.2, 0.25) is 0 Å². The first-order valence-corrected chi connectivity index (χ1v) is 5.63.